The van der Waals surface area contributed by atoms with E-state index in [0.29, 0.717) is 17.3 Å². The van der Waals surface area contributed by atoms with Crippen LogP contribution in [-0.4, -0.2) is 4.98 Å². The maximum absolute atomic E-state index is 6.19. The van der Waals surface area contributed by atoms with E-state index in [9.17, 15) is 0 Å². The highest BCUT2D eigenvalue weighted by atomic mass is 35.5. The summed E-state index contributed by atoms with van der Waals surface area (Å²) in [5, 5.41) is 1.32. The molecule has 0 aliphatic carbocycles. The molecule has 3 aromatic rings. The van der Waals surface area contributed by atoms with Crippen LogP contribution in [0.25, 0.3) is 10.9 Å². The molecule has 1 heterocycles. The summed E-state index contributed by atoms with van der Waals surface area (Å²) in [5.74, 6) is 0.746. The van der Waals surface area contributed by atoms with Gasteiger partial charge in [0.1, 0.15) is 12.4 Å². The summed E-state index contributed by atoms with van der Waals surface area (Å²) in [7, 11) is 0. The first-order valence-corrected chi connectivity index (χ1v) is 6.62. The number of nitrogens with two attached hydrogens (primary N) is 1. The Bertz CT molecular complexity index is 744. The van der Waals surface area contributed by atoms with Gasteiger partial charge in [0, 0.05) is 5.39 Å². The van der Waals surface area contributed by atoms with Crippen LogP contribution in [0.4, 0.5) is 5.69 Å². The number of ether oxygens (including phenoxy) is 1. The van der Waals surface area contributed by atoms with Gasteiger partial charge < -0.3 is 10.5 Å². The van der Waals surface area contributed by atoms with Crippen LogP contribution in [0.1, 0.15) is 5.56 Å². The van der Waals surface area contributed by atoms with Gasteiger partial charge in [-0.25, -0.2) is 0 Å². The molecule has 4 heteroatoms. The standard InChI is InChI=1S/C16H13ClN2O/c17-16-13-8-12(6-7-15(13)19-9-14(16)18)20-10-11-4-2-1-3-5-11/h1-9H,10,18H2. The predicted octanol–water partition coefficient (Wildman–Crippen LogP) is 4.05. The minimum Gasteiger partial charge on any atom is -0.489 e. The number of nitrogen functional groups attached to an aromatic ring is 1. The van der Waals surface area contributed by atoms with Gasteiger partial charge >= 0.3 is 0 Å². The van der Waals surface area contributed by atoms with Crippen molar-refractivity contribution in [2.75, 3.05) is 5.73 Å². The fourth-order valence-corrected chi connectivity index (χ4v) is 2.19. The molecule has 2 aromatic carbocycles. The van der Waals surface area contributed by atoms with Crippen molar-refractivity contribution < 1.29 is 4.74 Å². The average Bonchev–Trinajstić information content (AvgIpc) is 2.50. The van der Waals surface area contributed by atoms with Gasteiger partial charge in [0.05, 0.1) is 22.4 Å². The second-order valence-corrected chi connectivity index (χ2v) is 4.86. The summed E-state index contributed by atoms with van der Waals surface area (Å²) in [6.45, 7) is 0.514. The van der Waals surface area contributed by atoms with Crippen molar-refractivity contribution in [1.29, 1.82) is 0 Å². The second kappa shape index (κ2) is 5.39. The van der Waals surface area contributed by atoms with Crippen molar-refractivity contribution in [2.45, 2.75) is 6.61 Å². The molecule has 0 spiro atoms. The zero-order valence-corrected chi connectivity index (χ0v) is 11.5. The molecule has 0 saturated carbocycles. The number of pyridine rings is 1. The van der Waals surface area contributed by atoms with Gasteiger partial charge in [0.25, 0.3) is 0 Å². The number of nitrogens with zero attached hydrogens (tertiary/aromatic N) is 1. The molecular weight excluding hydrogens is 272 g/mol. The Kier molecular flexibility index (Phi) is 3.44. The normalized spacial score (nSPS) is 10.7. The fourth-order valence-electron chi connectivity index (χ4n) is 1.99. The topological polar surface area (TPSA) is 48.1 Å². The Balaban J connectivity index is 1.87. The summed E-state index contributed by atoms with van der Waals surface area (Å²) in [6, 6.07) is 15.6. The van der Waals surface area contributed by atoms with Gasteiger partial charge in [-0.15, -0.1) is 0 Å². The van der Waals surface area contributed by atoms with Crippen LogP contribution in [0.3, 0.4) is 0 Å². The number of halogens is 1. The van der Waals surface area contributed by atoms with Gasteiger partial charge in [-0.05, 0) is 23.8 Å². The molecule has 3 rings (SSSR count). The Hall–Kier alpha value is -2.26. The first-order chi connectivity index (χ1) is 9.74. The van der Waals surface area contributed by atoms with Crippen LogP contribution in [-0.2, 0) is 6.61 Å². The van der Waals surface area contributed by atoms with E-state index in [1.807, 2.05) is 48.5 Å². The minimum atomic E-state index is 0.472. The van der Waals surface area contributed by atoms with E-state index in [1.54, 1.807) is 6.20 Å². The zero-order chi connectivity index (χ0) is 13.9. The van der Waals surface area contributed by atoms with Crippen LogP contribution in [0.5, 0.6) is 5.75 Å². The third-order valence-corrected chi connectivity index (χ3v) is 3.47. The number of aromatic nitrogens is 1. The molecule has 0 bridgehead atoms. The molecule has 20 heavy (non-hydrogen) atoms. The van der Waals surface area contributed by atoms with E-state index in [2.05, 4.69) is 4.98 Å². The number of hydrogen-bond donors (Lipinski definition) is 1. The third-order valence-electron chi connectivity index (χ3n) is 3.05. The van der Waals surface area contributed by atoms with E-state index >= 15 is 0 Å². The first kappa shape index (κ1) is 12.8. The van der Waals surface area contributed by atoms with Gasteiger partial charge in [-0.3, -0.25) is 4.98 Å². The van der Waals surface area contributed by atoms with Crippen LogP contribution in [0, 0.1) is 0 Å². The summed E-state index contributed by atoms with van der Waals surface area (Å²) in [5.41, 5.74) is 8.15. The lowest BCUT2D eigenvalue weighted by Gasteiger charge is -2.08. The number of benzene rings is 2. The Morgan fingerprint density at radius 2 is 1.90 bits per heavy atom. The van der Waals surface area contributed by atoms with E-state index < -0.39 is 0 Å². The smallest absolute Gasteiger partial charge is 0.120 e. The predicted molar refractivity (Wildman–Crippen MR) is 81.9 cm³/mol. The van der Waals surface area contributed by atoms with Crippen LogP contribution < -0.4 is 10.5 Å². The van der Waals surface area contributed by atoms with Crippen molar-refractivity contribution in [1.82, 2.24) is 4.98 Å². The fraction of sp³-hybridized carbons (Fsp3) is 0.0625. The van der Waals surface area contributed by atoms with Crippen molar-refractivity contribution in [2.24, 2.45) is 0 Å². The monoisotopic (exact) mass is 284 g/mol. The summed E-state index contributed by atoms with van der Waals surface area (Å²) < 4.78 is 5.77. The van der Waals surface area contributed by atoms with Gasteiger partial charge in [-0.1, -0.05) is 41.9 Å². The quantitative estimate of drug-likeness (QED) is 0.789. The lowest BCUT2D eigenvalue weighted by atomic mass is 10.2. The summed E-state index contributed by atoms with van der Waals surface area (Å²) >= 11 is 6.19. The summed E-state index contributed by atoms with van der Waals surface area (Å²) in [6.07, 6.45) is 1.56. The van der Waals surface area contributed by atoms with Crippen LogP contribution in [0.2, 0.25) is 5.02 Å². The second-order valence-electron chi connectivity index (χ2n) is 4.48. The lowest BCUT2D eigenvalue weighted by molar-refractivity contribution is 0.306. The van der Waals surface area contributed by atoms with Gasteiger partial charge in [-0.2, -0.15) is 0 Å². The number of anilines is 1. The molecule has 0 aliphatic heterocycles. The van der Waals surface area contributed by atoms with Gasteiger partial charge in [0.2, 0.25) is 0 Å². The lowest BCUT2D eigenvalue weighted by Crippen LogP contribution is -1.95. The zero-order valence-electron chi connectivity index (χ0n) is 10.7. The SMILES string of the molecule is Nc1cnc2ccc(OCc3ccccc3)cc2c1Cl. The highest BCUT2D eigenvalue weighted by molar-refractivity contribution is 6.37. The van der Waals surface area contributed by atoms with Crippen molar-refractivity contribution >= 4 is 28.2 Å². The first-order valence-electron chi connectivity index (χ1n) is 6.24. The maximum atomic E-state index is 6.19. The largest absolute Gasteiger partial charge is 0.489 e. The van der Waals surface area contributed by atoms with Crippen molar-refractivity contribution in [3.8, 4) is 5.75 Å². The molecule has 0 aliphatic rings. The molecule has 2 N–H and O–H groups in total. The van der Waals surface area contributed by atoms with E-state index in [0.717, 1.165) is 22.2 Å². The summed E-state index contributed by atoms with van der Waals surface area (Å²) in [4.78, 5) is 4.24. The highest BCUT2D eigenvalue weighted by Crippen LogP contribution is 2.30. The number of hydrogen-bond acceptors (Lipinski definition) is 3. The molecule has 1 aromatic heterocycles. The average molecular weight is 285 g/mol. The number of fused-ring (bicyclic) bond motifs is 1. The molecular formula is C16H13ClN2O. The van der Waals surface area contributed by atoms with Crippen LogP contribution >= 0.6 is 11.6 Å². The minimum absolute atomic E-state index is 0.472. The number of rotatable bonds is 3. The molecule has 0 unspecified atom stereocenters. The molecule has 0 amide bonds. The van der Waals surface area contributed by atoms with E-state index in [1.165, 1.54) is 0 Å². The highest BCUT2D eigenvalue weighted by Gasteiger charge is 2.06. The molecule has 100 valence electrons. The molecule has 0 radical (unpaired) electrons. The Morgan fingerprint density at radius 3 is 2.70 bits per heavy atom. The van der Waals surface area contributed by atoms with Crippen molar-refractivity contribution in [3.63, 3.8) is 0 Å². The Morgan fingerprint density at radius 1 is 1.10 bits per heavy atom. The van der Waals surface area contributed by atoms with Crippen LogP contribution in [0.15, 0.2) is 54.7 Å². The third kappa shape index (κ3) is 2.53. The maximum Gasteiger partial charge on any atom is 0.120 e. The molecule has 3 nitrogen and oxygen atoms in total. The van der Waals surface area contributed by atoms with E-state index in [4.69, 9.17) is 22.1 Å². The Labute approximate surface area is 122 Å². The molecule has 0 saturated heterocycles. The molecule has 0 fully saturated rings. The van der Waals surface area contributed by atoms with Crippen molar-refractivity contribution in [3.05, 3.63) is 65.3 Å². The van der Waals surface area contributed by atoms with E-state index in [-0.39, 0.29) is 0 Å². The molecule has 0 atom stereocenters. The van der Waals surface area contributed by atoms with Gasteiger partial charge in [0.15, 0.2) is 0 Å².